The Morgan fingerprint density at radius 3 is 1.73 bits per heavy atom. The fourth-order valence-corrected chi connectivity index (χ4v) is 0.817. The van der Waals surface area contributed by atoms with E-state index in [-0.39, 0.29) is 6.29 Å². The van der Waals surface area contributed by atoms with Crippen molar-refractivity contribution in [1.29, 1.82) is 0 Å². The van der Waals surface area contributed by atoms with Crippen LogP contribution in [0.5, 0.6) is 0 Å². The molecule has 1 unspecified atom stereocenters. The van der Waals surface area contributed by atoms with Crippen LogP contribution in [0, 0.1) is 0 Å². The summed E-state index contributed by atoms with van der Waals surface area (Å²) in [7, 11) is 0. The summed E-state index contributed by atoms with van der Waals surface area (Å²) < 4.78 is 0. The van der Waals surface area contributed by atoms with Crippen LogP contribution in [-0.2, 0) is 9.59 Å². The number of carbonyl (C=O) groups excluding carboxylic acids is 1. The molecule has 0 rings (SSSR count). The molecule has 0 spiro atoms. The number of hydrogen-bond acceptors (Lipinski definition) is 7. The van der Waals surface area contributed by atoms with E-state index in [0.29, 0.717) is 0 Å². The van der Waals surface area contributed by atoms with Crippen LogP contribution in [0.3, 0.4) is 0 Å². The Labute approximate surface area is 84.0 Å². The standard InChI is InChI=1S/C7H12O8/c8-1-2(9)3(10)4(11)5(12)6(13)7(14)15/h1-6,9-13H,(H,14,15)/t2-,3+,4+,5-,6?/m0/s1. The summed E-state index contributed by atoms with van der Waals surface area (Å²) >= 11 is 0. The molecule has 0 radical (unpaired) electrons. The maximum atomic E-state index is 10.2. The second kappa shape index (κ2) is 5.73. The molecular formula is C7H12O8. The average Bonchev–Trinajstić information content (AvgIpc) is 2.23. The smallest absolute Gasteiger partial charge is 0.335 e. The van der Waals surface area contributed by atoms with Gasteiger partial charge in [0.1, 0.15) is 24.4 Å². The van der Waals surface area contributed by atoms with Crippen LogP contribution in [0.1, 0.15) is 0 Å². The van der Waals surface area contributed by atoms with E-state index in [1.165, 1.54) is 0 Å². The molecule has 8 heteroatoms. The molecule has 6 N–H and O–H groups in total. The summed E-state index contributed by atoms with van der Waals surface area (Å²) in [5, 5.41) is 52.8. The quantitative estimate of drug-likeness (QED) is 0.250. The van der Waals surface area contributed by atoms with E-state index < -0.39 is 36.5 Å². The van der Waals surface area contributed by atoms with Gasteiger partial charge in [0.25, 0.3) is 0 Å². The van der Waals surface area contributed by atoms with Gasteiger partial charge in [-0.05, 0) is 0 Å². The first kappa shape index (κ1) is 13.9. The molecule has 0 aromatic rings. The maximum Gasteiger partial charge on any atom is 0.335 e. The van der Waals surface area contributed by atoms with E-state index in [9.17, 15) is 9.59 Å². The highest BCUT2D eigenvalue weighted by Gasteiger charge is 2.37. The monoisotopic (exact) mass is 224 g/mol. The number of carboxylic acids is 1. The van der Waals surface area contributed by atoms with Crippen molar-refractivity contribution in [3.8, 4) is 0 Å². The Hall–Kier alpha value is -1.06. The van der Waals surface area contributed by atoms with Gasteiger partial charge in [-0.25, -0.2) is 4.79 Å². The van der Waals surface area contributed by atoms with Gasteiger partial charge < -0.3 is 35.4 Å². The lowest BCUT2D eigenvalue weighted by molar-refractivity contribution is -0.168. The third kappa shape index (κ3) is 3.53. The predicted molar refractivity (Wildman–Crippen MR) is 43.7 cm³/mol. The van der Waals surface area contributed by atoms with Crippen molar-refractivity contribution in [2.45, 2.75) is 30.5 Å². The minimum atomic E-state index is -2.33. The number of aldehydes is 1. The summed E-state index contributed by atoms with van der Waals surface area (Å²) in [6.45, 7) is 0. The number of aliphatic carboxylic acids is 1. The summed E-state index contributed by atoms with van der Waals surface area (Å²) in [6, 6.07) is 0. The van der Waals surface area contributed by atoms with Crippen LogP contribution >= 0.6 is 0 Å². The van der Waals surface area contributed by atoms with Crippen molar-refractivity contribution in [3.63, 3.8) is 0 Å². The lowest BCUT2D eigenvalue weighted by atomic mass is 10.00. The molecule has 0 saturated heterocycles. The molecule has 0 aliphatic heterocycles. The summed E-state index contributed by atoms with van der Waals surface area (Å²) in [5.41, 5.74) is 0. The molecule has 0 aliphatic rings. The van der Waals surface area contributed by atoms with E-state index in [2.05, 4.69) is 0 Å². The van der Waals surface area contributed by atoms with Gasteiger partial charge in [-0.15, -0.1) is 0 Å². The van der Waals surface area contributed by atoms with Gasteiger partial charge in [0.15, 0.2) is 12.4 Å². The third-order valence-corrected chi connectivity index (χ3v) is 1.77. The van der Waals surface area contributed by atoms with Gasteiger partial charge in [0.2, 0.25) is 0 Å². The molecule has 0 saturated carbocycles. The Morgan fingerprint density at radius 1 is 0.933 bits per heavy atom. The van der Waals surface area contributed by atoms with E-state index in [1.807, 2.05) is 0 Å². The van der Waals surface area contributed by atoms with Gasteiger partial charge in [-0.3, -0.25) is 0 Å². The lowest BCUT2D eigenvalue weighted by Gasteiger charge is -2.25. The SMILES string of the molecule is O=C[C@H](O)[C@@H](O)[C@@H](O)[C@H](O)C(O)C(=O)O. The number of carboxylic acid groups (broad SMARTS) is 1. The van der Waals surface area contributed by atoms with Crippen molar-refractivity contribution in [3.05, 3.63) is 0 Å². The van der Waals surface area contributed by atoms with Crippen molar-refractivity contribution in [1.82, 2.24) is 0 Å². The molecule has 8 nitrogen and oxygen atoms in total. The first-order valence-corrected chi connectivity index (χ1v) is 3.91. The van der Waals surface area contributed by atoms with Gasteiger partial charge in [0, 0.05) is 0 Å². The Morgan fingerprint density at radius 2 is 1.40 bits per heavy atom. The maximum absolute atomic E-state index is 10.2. The Kier molecular flexibility index (Phi) is 5.33. The summed E-state index contributed by atoms with van der Waals surface area (Å²) in [6.07, 6.45) is -10.9. The number of aliphatic hydroxyl groups excluding tert-OH is 5. The fourth-order valence-electron chi connectivity index (χ4n) is 0.817. The Bertz CT molecular complexity index is 229. The molecule has 15 heavy (non-hydrogen) atoms. The molecule has 88 valence electrons. The molecule has 0 bridgehead atoms. The third-order valence-electron chi connectivity index (χ3n) is 1.77. The van der Waals surface area contributed by atoms with Gasteiger partial charge in [-0.2, -0.15) is 0 Å². The van der Waals surface area contributed by atoms with Crippen molar-refractivity contribution in [2.75, 3.05) is 0 Å². The van der Waals surface area contributed by atoms with E-state index in [0.717, 1.165) is 0 Å². The number of carbonyl (C=O) groups is 2. The number of aliphatic hydroxyl groups is 5. The van der Waals surface area contributed by atoms with Crippen LogP contribution in [0.15, 0.2) is 0 Å². The first-order chi connectivity index (χ1) is 6.82. The predicted octanol–water partition coefficient (Wildman–Crippen LogP) is -3.93. The zero-order valence-corrected chi connectivity index (χ0v) is 7.46. The lowest BCUT2D eigenvalue weighted by Crippen LogP contribution is -2.51. The zero-order valence-electron chi connectivity index (χ0n) is 7.46. The van der Waals surface area contributed by atoms with Gasteiger partial charge >= 0.3 is 5.97 Å². The molecule has 0 fully saturated rings. The summed E-state index contributed by atoms with van der Waals surface area (Å²) in [5.74, 6) is -1.81. The highest BCUT2D eigenvalue weighted by molar-refractivity contribution is 5.72. The molecule has 0 amide bonds. The molecule has 0 aliphatic carbocycles. The first-order valence-electron chi connectivity index (χ1n) is 3.91. The minimum Gasteiger partial charge on any atom is -0.479 e. The zero-order chi connectivity index (χ0) is 12.2. The van der Waals surface area contributed by atoms with E-state index in [1.54, 1.807) is 0 Å². The van der Waals surface area contributed by atoms with E-state index >= 15 is 0 Å². The van der Waals surface area contributed by atoms with Crippen molar-refractivity contribution in [2.24, 2.45) is 0 Å². The van der Waals surface area contributed by atoms with Crippen molar-refractivity contribution >= 4 is 12.3 Å². The van der Waals surface area contributed by atoms with Crippen LogP contribution in [-0.4, -0.2) is 73.4 Å². The highest BCUT2D eigenvalue weighted by Crippen LogP contribution is 2.07. The Balaban J connectivity index is 4.49. The van der Waals surface area contributed by atoms with Crippen LogP contribution < -0.4 is 0 Å². The number of hydrogen-bond donors (Lipinski definition) is 6. The van der Waals surface area contributed by atoms with Crippen LogP contribution in [0.2, 0.25) is 0 Å². The average molecular weight is 224 g/mol. The van der Waals surface area contributed by atoms with Crippen LogP contribution in [0.25, 0.3) is 0 Å². The topological polar surface area (TPSA) is 156 Å². The van der Waals surface area contributed by atoms with Crippen LogP contribution in [0.4, 0.5) is 0 Å². The van der Waals surface area contributed by atoms with Gasteiger partial charge in [0.05, 0.1) is 0 Å². The van der Waals surface area contributed by atoms with E-state index in [4.69, 9.17) is 30.6 Å². The summed E-state index contributed by atoms with van der Waals surface area (Å²) in [4.78, 5) is 20.2. The highest BCUT2D eigenvalue weighted by atomic mass is 16.4. The normalized spacial score (nSPS) is 21.1. The molecule has 5 atom stereocenters. The van der Waals surface area contributed by atoms with Gasteiger partial charge in [-0.1, -0.05) is 0 Å². The van der Waals surface area contributed by atoms with Crippen molar-refractivity contribution < 1.29 is 40.2 Å². The molecule has 0 heterocycles. The fraction of sp³-hybridized carbons (Fsp3) is 0.714. The largest absolute Gasteiger partial charge is 0.479 e. The molecule has 0 aromatic heterocycles. The minimum absolute atomic E-state index is 0.103. The molecule has 0 aromatic carbocycles. The molecular weight excluding hydrogens is 212 g/mol. The second-order valence-electron chi connectivity index (χ2n) is 2.88. The number of rotatable bonds is 6. The second-order valence-corrected chi connectivity index (χ2v) is 2.88.